The fraction of sp³-hybridized carbons (Fsp3) is 0.148. The molecular weight excluding hydrogens is 384 g/mol. The van der Waals surface area contributed by atoms with Crippen LogP contribution in [0.2, 0.25) is 0 Å². The quantitative estimate of drug-likeness (QED) is 0.288. The predicted octanol–water partition coefficient (Wildman–Crippen LogP) is 6.55. The van der Waals surface area contributed by atoms with Crippen LogP contribution in [0.15, 0.2) is 84.4 Å². The molecule has 2 aromatic carbocycles. The molecule has 2 rings (SSSR count). The minimum Gasteiger partial charge on any atom is -0.493 e. The molecule has 0 unspecified atom stereocenters. The number of benzene rings is 2. The molecule has 0 spiro atoms. The lowest BCUT2D eigenvalue weighted by Crippen LogP contribution is -2.01. The summed E-state index contributed by atoms with van der Waals surface area (Å²) in [4.78, 5) is 4.86. The number of hydrogen-bond acceptors (Lipinski definition) is 4. The van der Waals surface area contributed by atoms with Gasteiger partial charge in [0.25, 0.3) is 0 Å². The summed E-state index contributed by atoms with van der Waals surface area (Å²) in [5.74, 6) is 3.82. The molecule has 4 heteroatoms. The first kappa shape index (κ1) is 23.3. The van der Waals surface area contributed by atoms with E-state index in [1.165, 1.54) is 0 Å². The van der Waals surface area contributed by atoms with E-state index in [0.717, 1.165) is 28.1 Å². The molecule has 31 heavy (non-hydrogen) atoms. The van der Waals surface area contributed by atoms with E-state index in [4.69, 9.17) is 20.9 Å². The third kappa shape index (κ3) is 6.01. The Morgan fingerprint density at radius 2 is 1.87 bits per heavy atom. The lowest BCUT2D eigenvalue weighted by atomic mass is 10.1. The molecule has 0 bridgehead atoms. The first-order valence-corrected chi connectivity index (χ1v) is 9.77. The average molecular weight is 413 g/mol. The van der Waals surface area contributed by atoms with Crippen molar-refractivity contribution in [3.63, 3.8) is 0 Å². The van der Waals surface area contributed by atoms with Crippen molar-refractivity contribution in [2.75, 3.05) is 19.5 Å². The Kier molecular flexibility index (Phi) is 8.48. The third-order valence-corrected chi connectivity index (χ3v) is 4.58. The molecular formula is C27H28N2O2. The predicted molar refractivity (Wildman–Crippen MR) is 132 cm³/mol. The monoisotopic (exact) mass is 412 g/mol. The van der Waals surface area contributed by atoms with Crippen LogP contribution >= 0.6 is 0 Å². The van der Waals surface area contributed by atoms with Crippen molar-refractivity contribution in [2.45, 2.75) is 13.8 Å². The summed E-state index contributed by atoms with van der Waals surface area (Å²) in [5.41, 5.74) is 5.59. The first-order valence-electron chi connectivity index (χ1n) is 9.77. The van der Waals surface area contributed by atoms with Gasteiger partial charge in [0, 0.05) is 34.3 Å². The van der Waals surface area contributed by atoms with Gasteiger partial charge in [-0.1, -0.05) is 49.4 Å². The van der Waals surface area contributed by atoms with E-state index >= 15 is 0 Å². The first-order chi connectivity index (χ1) is 15.0. The molecule has 0 aliphatic carbocycles. The molecule has 158 valence electrons. The van der Waals surface area contributed by atoms with Crippen LogP contribution in [0.5, 0.6) is 11.5 Å². The highest BCUT2D eigenvalue weighted by Crippen LogP contribution is 2.38. The van der Waals surface area contributed by atoms with E-state index < -0.39 is 0 Å². The Labute approximate surface area is 185 Å². The molecule has 0 saturated heterocycles. The standard InChI is InChI=1S/C27H28N2O2/c1-8-11-14-22(10-3)19(4)29-25-18-27(31-7)26(30-6)17-24(25)20(5)28-23-15-12-13-21(9-2)16-23/h2,8,10-18,28H,1,5H2,3-4,6-7H3/b14-11-,22-10+,29-19+. The second-order valence-electron chi connectivity index (χ2n) is 6.59. The normalized spacial score (nSPS) is 11.7. The van der Waals surface area contributed by atoms with Gasteiger partial charge in [0.05, 0.1) is 19.9 Å². The van der Waals surface area contributed by atoms with Crippen molar-refractivity contribution in [1.82, 2.24) is 0 Å². The second-order valence-corrected chi connectivity index (χ2v) is 6.59. The van der Waals surface area contributed by atoms with E-state index in [1.807, 2.05) is 68.5 Å². The van der Waals surface area contributed by atoms with E-state index in [-0.39, 0.29) is 0 Å². The van der Waals surface area contributed by atoms with Crippen molar-refractivity contribution < 1.29 is 9.47 Å². The maximum atomic E-state index is 5.52. The van der Waals surface area contributed by atoms with Gasteiger partial charge < -0.3 is 14.8 Å². The molecule has 0 aliphatic heterocycles. The molecule has 0 saturated carbocycles. The number of nitrogens with one attached hydrogen (secondary N) is 1. The van der Waals surface area contributed by atoms with Crippen LogP contribution < -0.4 is 14.8 Å². The smallest absolute Gasteiger partial charge is 0.162 e. The summed E-state index contributed by atoms with van der Waals surface area (Å²) in [6, 6.07) is 11.3. The van der Waals surface area contributed by atoms with Crippen molar-refractivity contribution in [3.05, 3.63) is 90.6 Å². The van der Waals surface area contributed by atoms with Crippen molar-refractivity contribution in [1.29, 1.82) is 0 Å². The van der Waals surface area contributed by atoms with E-state index in [0.29, 0.717) is 22.9 Å². The Morgan fingerprint density at radius 1 is 1.16 bits per heavy atom. The van der Waals surface area contributed by atoms with Crippen LogP contribution in [0, 0.1) is 12.3 Å². The van der Waals surface area contributed by atoms with Gasteiger partial charge in [0.15, 0.2) is 11.5 Å². The Bertz CT molecular complexity index is 1100. The number of allylic oxidation sites excluding steroid dienone is 5. The van der Waals surface area contributed by atoms with E-state index in [9.17, 15) is 0 Å². The van der Waals surface area contributed by atoms with Gasteiger partial charge in [0.2, 0.25) is 0 Å². The summed E-state index contributed by atoms with van der Waals surface area (Å²) in [6.07, 6.45) is 13.1. The summed E-state index contributed by atoms with van der Waals surface area (Å²) in [7, 11) is 3.20. The highest BCUT2D eigenvalue weighted by atomic mass is 16.5. The molecule has 1 N–H and O–H groups in total. The number of nitrogens with zero attached hydrogens (tertiary/aromatic N) is 1. The topological polar surface area (TPSA) is 42.8 Å². The number of terminal acetylenes is 1. The lowest BCUT2D eigenvalue weighted by molar-refractivity contribution is 0.355. The maximum absolute atomic E-state index is 5.52. The zero-order chi connectivity index (χ0) is 22.8. The fourth-order valence-corrected chi connectivity index (χ4v) is 2.97. The minimum absolute atomic E-state index is 0.587. The number of anilines is 1. The Balaban J connectivity index is 2.55. The number of rotatable bonds is 9. The number of hydrogen-bond donors (Lipinski definition) is 1. The van der Waals surface area contributed by atoms with E-state index in [2.05, 4.69) is 24.4 Å². The van der Waals surface area contributed by atoms with Gasteiger partial charge in [-0.05, 0) is 43.7 Å². The summed E-state index contributed by atoms with van der Waals surface area (Å²) < 4.78 is 11.0. The molecule has 0 aliphatic rings. The third-order valence-electron chi connectivity index (χ3n) is 4.58. The van der Waals surface area contributed by atoms with Gasteiger partial charge in [-0.3, -0.25) is 4.99 Å². The van der Waals surface area contributed by atoms with Crippen LogP contribution in [-0.4, -0.2) is 19.9 Å². The van der Waals surface area contributed by atoms with Crippen LogP contribution in [-0.2, 0) is 0 Å². The summed E-state index contributed by atoms with van der Waals surface area (Å²) in [6.45, 7) is 11.9. The lowest BCUT2D eigenvalue weighted by Gasteiger charge is -2.16. The summed E-state index contributed by atoms with van der Waals surface area (Å²) in [5, 5.41) is 3.32. The fourth-order valence-electron chi connectivity index (χ4n) is 2.97. The minimum atomic E-state index is 0.587. The zero-order valence-electron chi connectivity index (χ0n) is 18.5. The van der Waals surface area contributed by atoms with Crippen LogP contribution in [0.25, 0.3) is 5.70 Å². The Hall–Kier alpha value is -3.97. The zero-order valence-corrected chi connectivity index (χ0v) is 18.5. The molecule has 4 nitrogen and oxygen atoms in total. The van der Waals surface area contributed by atoms with Gasteiger partial charge >= 0.3 is 0 Å². The van der Waals surface area contributed by atoms with Gasteiger partial charge in [-0.25, -0.2) is 0 Å². The van der Waals surface area contributed by atoms with Gasteiger partial charge in [-0.2, -0.15) is 0 Å². The maximum Gasteiger partial charge on any atom is 0.162 e. The number of aliphatic imine (C=N–C) groups is 1. The average Bonchev–Trinajstić information content (AvgIpc) is 2.79. The second kappa shape index (κ2) is 11.3. The van der Waals surface area contributed by atoms with Crippen LogP contribution in [0.3, 0.4) is 0 Å². The molecule has 0 amide bonds. The Morgan fingerprint density at radius 3 is 2.48 bits per heavy atom. The van der Waals surface area contributed by atoms with Crippen molar-refractivity contribution in [2.24, 2.45) is 4.99 Å². The number of ether oxygens (including phenoxy) is 2. The highest BCUT2D eigenvalue weighted by Gasteiger charge is 2.14. The largest absolute Gasteiger partial charge is 0.493 e. The van der Waals surface area contributed by atoms with E-state index in [1.54, 1.807) is 20.3 Å². The molecule has 0 aromatic heterocycles. The van der Waals surface area contributed by atoms with Gasteiger partial charge in [-0.15, -0.1) is 6.42 Å². The molecule has 2 aromatic rings. The molecule has 0 fully saturated rings. The van der Waals surface area contributed by atoms with Crippen LogP contribution in [0.1, 0.15) is 25.0 Å². The molecule has 0 radical (unpaired) electrons. The molecule has 0 atom stereocenters. The van der Waals surface area contributed by atoms with Crippen molar-refractivity contribution in [3.8, 4) is 23.8 Å². The highest BCUT2D eigenvalue weighted by molar-refractivity contribution is 6.03. The number of methoxy groups -OCH3 is 2. The molecule has 0 heterocycles. The SMILES string of the molecule is C#Cc1cccc(NC(=C)c2cc(OC)c(OC)cc2/N=C(C)/C(/C=C\C=C)=C/C)c1. The van der Waals surface area contributed by atoms with Gasteiger partial charge in [0.1, 0.15) is 0 Å². The van der Waals surface area contributed by atoms with Crippen LogP contribution in [0.4, 0.5) is 11.4 Å². The van der Waals surface area contributed by atoms with Crippen molar-refractivity contribution >= 4 is 22.8 Å². The summed E-state index contributed by atoms with van der Waals surface area (Å²) >= 11 is 0.